The van der Waals surface area contributed by atoms with E-state index in [1.54, 1.807) is 17.0 Å². The van der Waals surface area contributed by atoms with Gasteiger partial charge in [0.15, 0.2) is 5.13 Å². The smallest absolute Gasteiger partial charge is 0.246 e. The maximum Gasteiger partial charge on any atom is 0.246 e. The number of carbonyl (C=O) groups excluding carboxylic acids is 1. The molecule has 0 unspecified atom stereocenters. The second kappa shape index (κ2) is 8.40. The molecule has 5 rings (SSSR count). The number of nitrogens with zero attached hydrogens (tertiary/aromatic N) is 5. The summed E-state index contributed by atoms with van der Waals surface area (Å²) < 4.78 is 14.6. The number of nitrogen functional groups attached to an aromatic ring is 1. The van der Waals surface area contributed by atoms with Crippen molar-refractivity contribution in [3.05, 3.63) is 53.0 Å². The lowest BCUT2D eigenvalue weighted by Gasteiger charge is -2.35. The number of piperazine rings is 1. The van der Waals surface area contributed by atoms with Crippen LogP contribution < -0.4 is 10.6 Å². The quantitative estimate of drug-likeness (QED) is 0.406. The first kappa shape index (κ1) is 21.8. The molecule has 0 saturated carbocycles. The Bertz CT molecular complexity index is 1430. The van der Waals surface area contributed by atoms with Gasteiger partial charge in [0.1, 0.15) is 18.0 Å². The zero-order valence-electron chi connectivity index (χ0n) is 17.2. The number of anilines is 2. The third kappa shape index (κ3) is 3.66. The lowest BCUT2D eigenvalue weighted by molar-refractivity contribution is -0.126. The topological polar surface area (TPSA) is 88.2 Å². The number of benzene rings is 2. The highest BCUT2D eigenvalue weighted by Crippen LogP contribution is 2.44. The average Bonchev–Trinajstić information content (AvgIpc) is 3.22. The third-order valence-corrected chi connectivity index (χ3v) is 7.21. The minimum Gasteiger partial charge on any atom is -0.375 e. The number of fused-ring (bicyclic) bond motifs is 2. The second-order valence-corrected chi connectivity index (χ2v) is 9.30. The van der Waals surface area contributed by atoms with Gasteiger partial charge in [-0.25, -0.2) is 19.3 Å². The standard InChI is InChI=1S/C22H17Cl2FN6OS/c1-2-15(32)30-5-7-31(8-6-30)21-12-9-13(23)16(17(24)18(12)27-10-28-21)11-3-4-14(25)20-19(11)29-22(26)33-20/h2-4,9-10H,1,5-8H2,(H2,26,29). The zero-order chi connectivity index (χ0) is 23.3. The Balaban J connectivity index is 1.61. The number of carbonyl (C=O) groups is 1. The van der Waals surface area contributed by atoms with E-state index in [0.717, 1.165) is 11.3 Å². The van der Waals surface area contributed by atoms with E-state index in [1.165, 1.54) is 18.5 Å². The van der Waals surface area contributed by atoms with Crippen molar-refractivity contribution in [3.63, 3.8) is 0 Å². The first-order valence-corrected chi connectivity index (χ1v) is 11.6. The van der Waals surface area contributed by atoms with Gasteiger partial charge in [0, 0.05) is 42.7 Å². The summed E-state index contributed by atoms with van der Waals surface area (Å²) >= 11 is 14.6. The Morgan fingerprint density at radius 3 is 2.67 bits per heavy atom. The Morgan fingerprint density at radius 2 is 1.94 bits per heavy atom. The maximum atomic E-state index is 14.3. The minimum absolute atomic E-state index is 0.0915. The van der Waals surface area contributed by atoms with Gasteiger partial charge >= 0.3 is 0 Å². The van der Waals surface area contributed by atoms with Gasteiger partial charge in [-0.3, -0.25) is 4.79 Å². The first-order chi connectivity index (χ1) is 15.9. The molecule has 168 valence electrons. The molecule has 1 aliphatic rings. The number of nitrogens with two attached hydrogens (primary N) is 1. The van der Waals surface area contributed by atoms with Crippen molar-refractivity contribution in [1.82, 2.24) is 19.9 Å². The van der Waals surface area contributed by atoms with Crippen LogP contribution in [0.25, 0.3) is 32.2 Å². The molecule has 7 nitrogen and oxygen atoms in total. The first-order valence-electron chi connectivity index (χ1n) is 10.0. The van der Waals surface area contributed by atoms with Crippen LogP contribution in [0, 0.1) is 5.82 Å². The maximum absolute atomic E-state index is 14.3. The Kier molecular flexibility index (Phi) is 5.55. The van der Waals surface area contributed by atoms with Crippen molar-refractivity contribution in [2.45, 2.75) is 0 Å². The van der Waals surface area contributed by atoms with Gasteiger partial charge in [-0.1, -0.05) is 41.1 Å². The molecule has 4 aromatic rings. The van der Waals surface area contributed by atoms with E-state index < -0.39 is 5.82 Å². The van der Waals surface area contributed by atoms with E-state index >= 15 is 0 Å². The van der Waals surface area contributed by atoms with Crippen molar-refractivity contribution in [2.24, 2.45) is 0 Å². The predicted molar refractivity (Wildman–Crippen MR) is 132 cm³/mol. The fourth-order valence-electron chi connectivity index (χ4n) is 4.08. The number of thiazole rings is 1. The van der Waals surface area contributed by atoms with Crippen molar-refractivity contribution in [3.8, 4) is 11.1 Å². The van der Waals surface area contributed by atoms with E-state index in [4.69, 9.17) is 28.9 Å². The van der Waals surface area contributed by atoms with E-state index in [2.05, 4.69) is 26.4 Å². The number of hydrogen-bond donors (Lipinski definition) is 1. The lowest BCUT2D eigenvalue weighted by atomic mass is 10.0. The van der Waals surface area contributed by atoms with Crippen molar-refractivity contribution in [2.75, 3.05) is 36.8 Å². The number of amides is 1. The molecule has 1 saturated heterocycles. The molecule has 33 heavy (non-hydrogen) atoms. The SMILES string of the molecule is C=CC(=O)N1CCN(c2ncnc3c(Cl)c(-c4ccc(F)c5sc(N)nc45)c(Cl)cc23)CC1. The van der Waals surface area contributed by atoms with Crippen LogP contribution in [0.2, 0.25) is 10.0 Å². The van der Waals surface area contributed by atoms with Crippen molar-refractivity contribution < 1.29 is 9.18 Å². The number of rotatable bonds is 3. The molecule has 2 aromatic heterocycles. The minimum atomic E-state index is -0.408. The van der Waals surface area contributed by atoms with E-state index in [9.17, 15) is 9.18 Å². The zero-order valence-corrected chi connectivity index (χ0v) is 19.5. The van der Waals surface area contributed by atoms with E-state index in [-0.39, 0.29) is 11.0 Å². The molecule has 0 bridgehead atoms. The third-order valence-electron chi connectivity index (χ3n) is 5.65. The predicted octanol–water partition coefficient (Wildman–Crippen LogP) is 4.77. The van der Waals surface area contributed by atoms with Gasteiger partial charge in [0.2, 0.25) is 5.91 Å². The van der Waals surface area contributed by atoms with Crippen molar-refractivity contribution >= 4 is 72.5 Å². The largest absolute Gasteiger partial charge is 0.375 e. The summed E-state index contributed by atoms with van der Waals surface area (Å²) in [6, 6.07) is 4.70. The Hall–Kier alpha value is -3.01. The molecule has 0 atom stereocenters. The summed E-state index contributed by atoms with van der Waals surface area (Å²) in [6.07, 6.45) is 2.77. The molecule has 2 aromatic carbocycles. The molecule has 2 N–H and O–H groups in total. The van der Waals surface area contributed by atoms with Gasteiger partial charge in [-0.15, -0.1) is 0 Å². The molecule has 11 heteroatoms. The van der Waals surface area contributed by atoms with Gasteiger partial charge in [0.25, 0.3) is 0 Å². The molecule has 0 aliphatic carbocycles. The normalized spacial score (nSPS) is 14.3. The molecule has 1 aliphatic heterocycles. The number of aromatic nitrogens is 3. The van der Waals surface area contributed by atoms with Crippen LogP contribution in [0.5, 0.6) is 0 Å². The van der Waals surface area contributed by atoms with Gasteiger partial charge < -0.3 is 15.5 Å². The lowest BCUT2D eigenvalue weighted by Crippen LogP contribution is -2.48. The van der Waals surface area contributed by atoms with Crippen LogP contribution in [0.1, 0.15) is 0 Å². The van der Waals surface area contributed by atoms with Crippen LogP contribution in [0.4, 0.5) is 15.3 Å². The summed E-state index contributed by atoms with van der Waals surface area (Å²) in [4.78, 5) is 28.9. The second-order valence-electron chi connectivity index (χ2n) is 7.48. The summed E-state index contributed by atoms with van der Waals surface area (Å²) in [5, 5.41) is 1.63. The van der Waals surface area contributed by atoms with Crippen LogP contribution in [-0.4, -0.2) is 51.9 Å². The molecular weight excluding hydrogens is 486 g/mol. The van der Waals surface area contributed by atoms with Gasteiger partial charge in [-0.2, -0.15) is 0 Å². The molecular formula is C22H17Cl2FN6OS. The van der Waals surface area contributed by atoms with E-state index in [1.807, 2.05) is 0 Å². The van der Waals surface area contributed by atoms with Crippen LogP contribution in [-0.2, 0) is 4.79 Å². The Morgan fingerprint density at radius 1 is 1.18 bits per heavy atom. The molecule has 3 heterocycles. The fraction of sp³-hybridized carbons (Fsp3) is 0.182. The van der Waals surface area contributed by atoms with Crippen LogP contribution in [0.3, 0.4) is 0 Å². The summed E-state index contributed by atoms with van der Waals surface area (Å²) in [5.74, 6) is 0.184. The molecule has 1 amide bonds. The van der Waals surface area contributed by atoms with Crippen LogP contribution >= 0.6 is 34.5 Å². The van der Waals surface area contributed by atoms with Gasteiger partial charge in [0.05, 0.1) is 25.8 Å². The van der Waals surface area contributed by atoms with Gasteiger partial charge in [-0.05, 0) is 24.3 Å². The molecule has 0 radical (unpaired) electrons. The average molecular weight is 503 g/mol. The van der Waals surface area contributed by atoms with Crippen molar-refractivity contribution in [1.29, 1.82) is 0 Å². The molecule has 1 fully saturated rings. The summed E-state index contributed by atoms with van der Waals surface area (Å²) in [7, 11) is 0. The highest BCUT2D eigenvalue weighted by molar-refractivity contribution is 7.22. The Labute approximate surface area is 202 Å². The highest BCUT2D eigenvalue weighted by Gasteiger charge is 2.25. The number of halogens is 3. The fourth-order valence-corrected chi connectivity index (χ4v) is 5.55. The monoisotopic (exact) mass is 502 g/mol. The summed E-state index contributed by atoms with van der Waals surface area (Å²) in [6.45, 7) is 5.84. The number of hydrogen-bond acceptors (Lipinski definition) is 7. The molecule has 0 spiro atoms. The summed E-state index contributed by atoms with van der Waals surface area (Å²) in [5.41, 5.74) is 7.84. The highest BCUT2D eigenvalue weighted by atomic mass is 35.5. The van der Waals surface area contributed by atoms with E-state index in [0.29, 0.717) is 74.3 Å². The van der Waals surface area contributed by atoms with Crippen LogP contribution in [0.15, 0.2) is 37.2 Å².